The average molecular weight is 144 g/mol. The molecule has 0 bridgehead atoms. The largest absolute Gasteiger partial charge is 0.272 e. The summed E-state index contributed by atoms with van der Waals surface area (Å²) in [7, 11) is 0. The summed E-state index contributed by atoms with van der Waals surface area (Å²) in [5, 5.41) is 0. The third-order valence-corrected chi connectivity index (χ3v) is 1.65. The van der Waals surface area contributed by atoms with Crippen LogP contribution in [-0.4, -0.2) is 12.1 Å². The van der Waals surface area contributed by atoms with Gasteiger partial charge in [-0.2, -0.15) is 0 Å². The SMILES string of the molecule is O=C1Cc2[c]cccc2C=N1. The van der Waals surface area contributed by atoms with Gasteiger partial charge in [-0.05, 0) is 17.2 Å². The van der Waals surface area contributed by atoms with E-state index in [0.717, 1.165) is 11.1 Å². The van der Waals surface area contributed by atoms with E-state index in [-0.39, 0.29) is 5.91 Å². The van der Waals surface area contributed by atoms with E-state index in [0.29, 0.717) is 6.42 Å². The normalized spacial score (nSPS) is 14.7. The van der Waals surface area contributed by atoms with Crippen molar-refractivity contribution in [2.75, 3.05) is 0 Å². The maximum Gasteiger partial charge on any atom is 0.250 e. The van der Waals surface area contributed by atoms with Crippen LogP contribution in [-0.2, 0) is 11.2 Å². The minimum Gasteiger partial charge on any atom is -0.272 e. The Morgan fingerprint density at radius 1 is 1.55 bits per heavy atom. The minimum atomic E-state index is -0.0834. The van der Waals surface area contributed by atoms with Crippen molar-refractivity contribution in [2.24, 2.45) is 4.99 Å². The van der Waals surface area contributed by atoms with Gasteiger partial charge in [-0.3, -0.25) is 4.79 Å². The molecule has 1 aromatic carbocycles. The molecule has 2 heteroatoms. The molecule has 0 aromatic heterocycles. The van der Waals surface area contributed by atoms with Crippen LogP contribution in [0, 0.1) is 6.07 Å². The smallest absolute Gasteiger partial charge is 0.250 e. The highest BCUT2D eigenvalue weighted by molar-refractivity contribution is 5.98. The minimum absolute atomic E-state index is 0.0834. The van der Waals surface area contributed by atoms with E-state index in [1.54, 1.807) is 6.21 Å². The number of nitrogens with zero attached hydrogens (tertiary/aromatic N) is 1. The second-order valence-corrected chi connectivity index (χ2v) is 2.43. The van der Waals surface area contributed by atoms with E-state index in [9.17, 15) is 4.79 Å². The molecule has 1 aliphatic rings. The van der Waals surface area contributed by atoms with Crippen LogP contribution in [0.4, 0.5) is 0 Å². The van der Waals surface area contributed by atoms with Crippen LogP contribution in [0.1, 0.15) is 11.1 Å². The Balaban J connectivity index is 2.54. The van der Waals surface area contributed by atoms with Gasteiger partial charge in [-0.15, -0.1) is 0 Å². The van der Waals surface area contributed by atoms with E-state index in [1.807, 2.05) is 18.2 Å². The highest BCUT2D eigenvalue weighted by atomic mass is 16.1. The summed E-state index contributed by atoms with van der Waals surface area (Å²) in [5.74, 6) is -0.0834. The molecule has 1 aromatic rings. The number of carbonyl (C=O) groups excluding carboxylic acids is 1. The second-order valence-electron chi connectivity index (χ2n) is 2.43. The van der Waals surface area contributed by atoms with Crippen molar-refractivity contribution in [3.05, 3.63) is 35.4 Å². The van der Waals surface area contributed by atoms with Crippen molar-refractivity contribution in [3.8, 4) is 0 Å². The van der Waals surface area contributed by atoms with Gasteiger partial charge in [-0.1, -0.05) is 18.2 Å². The Morgan fingerprint density at radius 3 is 3.36 bits per heavy atom. The molecular formula is C9H6NO. The maximum absolute atomic E-state index is 10.8. The fourth-order valence-electron chi connectivity index (χ4n) is 1.10. The number of benzene rings is 1. The van der Waals surface area contributed by atoms with E-state index in [2.05, 4.69) is 11.1 Å². The predicted molar refractivity (Wildman–Crippen MR) is 41.6 cm³/mol. The van der Waals surface area contributed by atoms with Crippen LogP contribution in [0.15, 0.2) is 23.2 Å². The van der Waals surface area contributed by atoms with Gasteiger partial charge in [0.25, 0.3) is 0 Å². The van der Waals surface area contributed by atoms with Gasteiger partial charge in [0.15, 0.2) is 0 Å². The molecule has 1 radical (unpaired) electrons. The van der Waals surface area contributed by atoms with Gasteiger partial charge in [0, 0.05) is 6.21 Å². The molecule has 11 heavy (non-hydrogen) atoms. The molecule has 1 aliphatic heterocycles. The number of rotatable bonds is 0. The van der Waals surface area contributed by atoms with Gasteiger partial charge >= 0.3 is 0 Å². The van der Waals surface area contributed by atoms with Crippen molar-refractivity contribution < 1.29 is 4.79 Å². The van der Waals surface area contributed by atoms with Crippen LogP contribution in [0.25, 0.3) is 0 Å². The van der Waals surface area contributed by atoms with Crippen molar-refractivity contribution in [3.63, 3.8) is 0 Å². The first-order chi connectivity index (χ1) is 5.36. The van der Waals surface area contributed by atoms with Crippen molar-refractivity contribution >= 4 is 12.1 Å². The predicted octanol–water partition coefficient (Wildman–Crippen LogP) is 0.988. The quantitative estimate of drug-likeness (QED) is 0.534. The van der Waals surface area contributed by atoms with Crippen molar-refractivity contribution in [1.29, 1.82) is 0 Å². The summed E-state index contributed by atoms with van der Waals surface area (Å²) in [4.78, 5) is 14.5. The summed E-state index contributed by atoms with van der Waals surface area (Å²) < 4.78 is 0. The highest BCUT2D eigenvalue weighted by Crippen LogP contribution is 2.10. The molecule has 2 nitrogen and oxygen atoms in total. The number of carbonyl (C=O) groups is 1. The maximum atomic E-state index is 10.8. The zero-order valence-electron chi connectivity index (χ0n) is 5.87. The lowest BCUT2D eigenvalue weighted by Crippen LogP contribution is -2.08. The highest BCUT2D eigenvalue weighted by Gasteiger charge is 2.09. The fraction of sp³-hybridized carbons (Fsp3) is 0.111. The molecule has 0 N–H and O–H groups in total. The summed E-state index contributed by atoms with van der Waals surface area (Å²) in [6.45, 7) is 0. The van der Waals surface area contributed by atoms with Crippen LogP contribution < -0.4 is 0 Å². The van der Waals surface area contributed by atoms with Crippen molar-refractivity contribution in [2.45, 2.75) is 6.42 Å². The summed E-state index contributed by atoms with van der Waals surface area (Å²) in [5.41, 5.74) is 1.96. The number of aliphatic imine (C=N–C) groups is 1. The number of hydrogen-bond acceptors (Lipinski definition) is 1. The number of hydrogen-bond donors (Lipinski definition) is 0. The molecule has 2 rings (SSSR count). The summed E-state index contributed by atoms with van der Waals surface area (Å²) in [6.07, 6.45) is 1.99. The summed E-state index contributed by atoms with van der Waals surface area (Å²) in [6, 6.07) is 8.64. The molecular weight excluding hydrogens is 138 g/mol. The first-order valence-electron chi connectivity index (χ1n) is 3.43. The van der Waals surface area contributed by atoms with Crippen molar-refractivity contribution in [1.82, 2.24) is 0 Å². The van der Waals surface area contributed by atoms with Crippen LogP contribution in [0.2, 0.25) is 0 Å². The van der Waals surface area contributed by atoms with E-state index in [4.69, 9.17) is 0 Å². The average Bonchev–Trinajstić information content (AvgIpc) is 2.04. The molecule has 0 atom stereocenters. The lowest BCUT2D eigenvalue weighted by molar-refractivity contribution is -0.117. The van der Waals surface area contributed by atoms with E-state index >= 15 is 0 Å². The Kier molecular flexibility index (Phi) is 1.32. The second kappa shape index (κ2) is 2.31. The van der Waals surface area contributed by atoms with E-state index in [1.165, 1.54) is 0 Å². The fourth-order valence-corrected chi connectivity index (χ4v) is 1.10. The Morgan fingerprint density at radius 2 is 2.45 bits per heavy atom. The molecule has 1 amide bonds. The molecule has 0 saturated heterocycles. The monoisotopic (exact) mass is 144 g/mol. The number of amides is 1. The summed E-state index contributed by atoms with van der Waals surface area (Å²) >= 11 is 0. The van der Waals surface area contributed by atoms with Crippen LogP contribution in [0.3, 0.4) is 0 Å². The standard InChI is InChI=1S/C9H6NO/c11-9-5-7-3-1-2-4-8(7)6-10-9/h1-2,4,6H,5H2. The van der Waals surface area contributed by atoms with Gasteiger partial charge < -0.3 is 0 Å². The Hall–Kier alpha value is -1.44. The lowest BCUT2D eigenvalue weighted by atomic mass is 10.0. The molecule has 0 aliphatic carbocycles. The lowest BCUT2D eigenvalue weighted by Gasteiger charge is -2.05. The molecule has 1 heterocycles. The van der Waals surface area contributed by atoms with Gasteiger partial charge in [-0.25, -0.2) is 4.99 Å². The topological polar surface area (TPSA) is 29.4 Å². The molecule has 0 saturated carbocycles. The third kappa shape index (κ3) is 1.07. The van der Waals surface area contributed by atoms with Gasteiger partial charge in [0.2, 0.25) is 5.91 Å². The Bertz CT molecular complexity index is 328. The molecule has 0 unspecified atom stereocenters. The first kappa shape index (κ1) is 6.28. The molecule has 0 fully saturated rings. The molecule has 53 valence electrons. The van der Waals surface area contributed by atoms with Gasteiger partial charge in [0.05, 0.1) is 6.42 Å². The van der Waals surface area contributed by atoms with Crippen LogP contribution >= 0.6 is 0 Å². The molecule has 0 spiro atoms. The van der Waals surface area contributed by atoms with Gasteiger partial charge in [0.1, 0.15) is 0 Å². The zero-order chi connectivity index (χ0) is 7.68. The Labute approximate surface area is 64.6 Å². The third-order valence-electron chi connectivity index (χ3n) is 1.65. The van der Waals surface area contributed by atoms with Crippen LogP contribution in [0.5, 0.6) is 0 Å². The first-order valence-corrected chi connectivity index (χ1v) is 3.43. The number of fused-ring (bicyclic) bond motifs is 1. The van der Waals surface area contributed by atoms with E-state index < -0.39 is 0 Å². The zero-order valence-corrected chi connectivity index (χ0v) is 5.87.